The van der Waals surface area contributed by atoms with E-state index in [2.05, 4.69) is 165 Å². The van der Waals surface area contributed by atoms with Crippen molar-refractivity contribution in [1.29, 1.82) is 0 Å². The average molecular weight is 602 g/mol. The summed E-state index contributed by atoms with van der Waals surface area (Å²) in [7, 11) is 0. The van der Waals surface area contributed by atoms with Crippen LogP contribution in [-0.4, -0.2) is 13.8 Å². The minimum atomic E-state index is -0.635. The van der Waals surface area contributed by atoms with Crippen LogP contribution in [0.2, 0.25) is 0 Å². The van der Waals surface area contributed by atoms with Gasteiger partial charge in [0.15, 0.2) is 5.52 Å². The van der Waals surface area contributed by atoms with Crippen molar-refractivity contribution in [1.82, 2.24) is 13.8 Å². The Morgan fingerprint density at radius 1 is 0.574 bits per heavy atom. The first kappa shape index (κ1) is 23.4. The summed E-state index contributed by atoms with van der Waals surface area (Å²) in [5, 5.41) is 5.28. The number of nitrogens with zero attached hydrogens (tertiary/aromatic N) is 5. The monoisotopic (exact) mass is 601 g/mol. The molecule has 0 bridgehead atoms. The highest BCUT2D eigenvalue weighted by atomic mass is 15.5. The second-order valence-corrected chi connectivity index (χ2v) is 14.3. The van der Waals surface area contributed by atoms with Crippen molar-refractivity contribution >= 4 is 43.6 Å². The average Bonchev–Trinajstić information content (AvgIpc) is 3.85. The number of rotatable bonds is 1. The van der Waals surface area contributed by atoms with E-state index in [1.165, 1.54) is 94.2 Å². The normalized spacial score (nSPS) is 18.3. The van der Waals surface area contributed by atoms with Crippen molar-refractivity contribution in [2.75, 3.05) is 0 Å². The molecule has 0 saturated carbocycles. The van der Waals surface area contributed by atoms with E-state index in [1.54, 1.807) is 0 Å². The lowest BCUT2D eigenvalue weighted by molar-refractivity contribution is -0.993. The Bertz CT molecular complexity index is 2990. The Kier molecular flexibility index (Phi) is 3.51. The third kappa shape index (κ3) is 2.18. The zero-order chi connectivity index (χ0) is 30.6. The lowest BCUT2D eigenvalue weighted by atomic mass is 9.75. The van der Waals surface area contributed by atoms with Crippen LogP contribution in [0.1, 0.15) is 36.1 Å². The predicted octanol–water partition coefficient (Wildman–Crippen LogP) is 7.79. The molecule has 218 valence electrons. The van der Waals surface area contributed by atoms with Crippen LogP contribution in [0.5, 0.6) is 0 Å². The molecule has 0 radical (unpaired) electrons. The number of hydrogen-bond acceptors (Lipinski definition) is 0. The van der Waals surface area contributed by atoms with Crippen LogP contribution in [0.4, 0.5) is 0 Å². The maximum Gasteiger partial charge on any atom is 0.394 e. The number of benzene rings is 5. The smallest absolute Gasteiger partial charge is 0.307 e. The van der Waals surface area contributed by atoms with Crippen LogP contribution in [0, 0.1) is 0 Å². The van der Waals surface area contributed by atoms with Crippen LogP contribution in [-0.2, 0) is 11.1 Å². The molecular weight excluding hydrogens is 574 g/mol. The predicted molar refractivity (Wildman–Crippen MR) is 184 cm³/mol. The van der Waals surface area contributed by atoms with E-state index >= 15 is 0 Å². The molecule has 47 heavy (non-hydrogen) atoms. The van der Waals surface area contributed by atoms with Crippen molar-refractivity contribution in [2.45, 2.75) is 24.9 Å². The lowest BCUT2D eigenvalue weighted by Gasteiger charge is -2.37. The molecule has 8 heterocycles. The van der Waals surface area contributed by atoms with Gasteiger partial charge in [0.2, 0.25) is 6.20 Å². The quantitative estimate of drug-likeness (QED) is 0.172. The van der Waals surface area contributed by atoms with Crippen LogP contribution in [0.25, 0.3) is 71.9 Å². The van der Waals surface area contributed by atoms with Crippen LogP contribution < -0.4 is 9.25 Å². The summed E-state index contributed by atoms with van der Waals surface area (Å²) in [5.74, 6) is 1.27. The summed E-state index contributed by atoms with van der Waals surface area (Å²) in [6.45, 7) is 4.81. The standard InChI is InChI=1S/C42H27N5/c1-41(2)30-15-8-14-27-29-21-28-26-13-6-7-17-32(26)46-34-19-9-18-33-35(34)42(45-23-25(22-44(33)45)24-11-4-3-5-12-24)36(38(28)46)39(29)47(37(27)30)40-31(41)16-10-20-43(40)42/h3-23H,1-2H3/q+2. The van der Waals surface area contributed by atoms with E-state index in [0.29, 0.717) is 0 Å². The van der Waals surface area contributed by atoms with Gasteiger partial charge in [-0.2, -0.15) is 9.13 Å². The molecule has 5 nitrogen and oxygen atoms in total. The SMILES string of the molecule is CC1(C)c2ccc[n+]3c2-n2c4c1cccc4c1cc4c5ccccc5n5c4c(c12)C31c2c-5cccc2-n2cc(-c3ccccc3)c[n+]21. The Hall–Kier alpha value is -5.94. The second kappa shape index (κ2) is 7.06. The Balaban J connectivity index is 1.38. The first-order valence-electron chi connectivity index (χ1n) is 16.5. The minimum Gasteiger partial charge on any atom is -0.307 e. The summed E-state index contributed by atoms with van der Waals surface area (Å²) in [6, 6.07) is 40.8. The van der Waals surface area contributed by atoms with Gasteiger partial charge >= 0.3 is 5.66 Å². The topological polar surface area (TPSA) is 22.5 Å². The van der Waals surface area contributed by atoms with Gasteiger partial charge in [-0.15, -0.1) is 4.68 Å². The molecule has 0 aliphatic carbocycles. The first-order chi connectivity index (χ1) is 23.1. The lowest BCUT2D eigenvalue weighted by Crippen LogP contribution is -2.77. The zero-order valence-corrected chi connectivity index (χ0v) is 25.9. The Morgan fingerprint density at radius 2 is 1.32 bits per heavy atom. The highest BCUT2D eigenvalue weighted by Crippen LogP contribution is 2.57. The Morgan fingerprint density at radius 3 is 2.23 bits per heavy atom. The summed E-state index contributed by atoms with van der Waals surface area (Å²) in [6.07, 6.45) is 7.08. The van der Waals surface area contributed by atoms with Crippen LogP contribution in [0.15, 0.2) is 128 Å². The van der Waals surface area contributed by atoms with Crippen LogP contribution in [0.3, 0.4) is 0 Å². The molecule has 0 amide bonds. The molecule has 0 N–H and O–H groups in total. The molecule has 1 unspecified atom stereocenters. The number of aromatic nitrogens is 5. The van der Waals surface area contributed by atoms with Gasteiger partial charge in [-0.25, -0.2) is 0 Å². The number of hydrogen-bond donors (Lipinski definition) is 0. The van der Waals surface area contributed by atoms with E-state index in [1.807, 2.05) is 0 Å². The van der Waals surface area contributed by atoms with Crippen molar-refractivity contribution in [3.8, 4) is 28.3 Å². The molecule has 13 rings (SSSR count). The molecule has 0 fully saturated rings. The summed E-state index contributed by atoms with van der Waals surface area (Å²) in [5.41, 5.74) is 14.8. The van der Waals surface area contributed by atoms with E-state index in [-0.39, 0.29) is 5.41 Å². The van der Waals surface area contributed by atoms with Gasteiger partial charge in [0.05, 0.1) is 40.2 Å². The van der Waals surface area contributed by atoms with Crippen molar-refractivity contribution in [2.24, 2.45) is 0 Å². The third-order valence-corrected chi connectivity index (χ3v) is 12.0. The molecule has 1 atom stereocenters. The molecular formula is C42H27N5+2. The minimum absolute atomic E-state index is 0.171. The van der Waals surface area contributed by atoms with Crippen molar-refractivity contribution in [3.63, 3.8) is 0 Å². The molecule has 5 heteroatoms. The van der Waals surface area contributed by atoms with Gasteiger partial charge in [0, 0.05) is 32.5 Å². The number of pyridine rings is 1. The van der Waals surface area contributed by atoms with Gasteiger partial charge < -0.3 is 4.57 Å². The molecule has 5 aromatic carbocycles. The van der Waals surface area contributed by atoms with E-state index in [9.17, 15) is 0 Å². The summed E-state index contributed by atoms with van der Waals surface area (Å²) in [4.78, 5) is 0. The van der Waals surface area contributed by atoms with Gasteiger partial charge in [0.1, 0.15) is 22.3 Å². The highest BCUT2D eigenvalue weighted by Gasteiger charge is 2.69. The molecule has 9 aromatic rings. The van der Waals surface area contributed by atoms with E-state index in [0.717, 1.165) is 0 Å². The molecule has 1 spiro atoms. The fraction of sp³-hybridized carbons (Fsp3) is 0.0952. The summed E-state index contributed by atoms with van der Waals surface area (Å²) >= 11 is 0. The first-order valence-corrected chi connectivity index (χ1v) is 16.5. The summed E-state index contributed by atoms with van der Waals surface area (Å²) < 4.78 is 12.8. The van der Waals surface area contributed by atoms with E-state index < -0.39 is 5.66 Å². The maximum atomic E-state index is 2.63. The van der Waals surface area contributed by atoms with E-state index in [4.69, 9.17) is 0 Å². The van der Waals surface area contributed by atoms with Gasteiger partial charge in [-0.05, 0) is 48.0 Å². The zero-order valence-electron chi connectivity index (χ0n) is 25.9. The molecule has 4 aliphatic heterocycles. The van der Waals surface area contributed by atoms with Gasteiger partial charge in [-0.1, -0.05) is 85.3 Å². The van der Waals surface area contributed by atoms with Crippen molar-refractivity contribution < 1.29 is 9.25 Å². The number of fused-ring (bicyclic) bond motifs is 7. The van der Waals surface area contributed by atoms with Crippen LogP contribution >= 0.6 is 0 Å². The van der Waals surface area contributed by atoms with Gasteiger partial charge in [-0.3, -0.25) is 0 Å². The fourth-order valence-electron chi connectivity index (χ4n) is 10.2. The second-order valence-electron chi connectivity index (χ2n) is 14.3. The largest absolute Gasteiger partial charge is 0.394 e. The maximum absolute atomic E-state index is 2.63. The molecule has 0 saturated heterocycles. The molecule has 4 aliphatic rings. The molecule has 4 aromatic heterocycles. The van der Waals surface area contributed by atoms with Crippen molar-refractivity contribution in [3.05, 3.63) is 150 Å². The van der Waals surface area contributed by atoms with Gasteiger partial charge in [0.25, 0.3) is 5.82 Å². The third-order valence-electron chi connectivity index (χ3n) is 12.0. The fourth-order valence-corrected chi connectivity index (χ4v) is 10.2. The Labute approximate surface area is 269 Å². The number of para-hydroxylation sites is 2. The highest BCUT2D eigenvalue weighted by molar-refractivity contribution is 6.23.